The van der Waals surface area contributed by atoms with E-state index in [2.05, 4.69) is 11.0 Å². The zero-order valence-electron chi connectivity index (χ0n) is 9.90. The van der Waals surface area contributed by atoms with Crippen LogP contribution in [0, 0.1) is 11.3 Å². The summed E-state index contributed by atoms with van der Waals surface area (Å²) in [6.07, 6.45) is 3.39. The van der Waals surface area contributed by atoms with Crippen molar-refractivity contribution in [1.29, 1.82) is 5.26 Å². The Morgan fingerprint density at radius 2 is 2.12 bits per heavy atom. The molecule has 0 amide bonds. The second-order valence-corrected chi connectivity index (χ2v) is 5.22. The zero-order valence-corrected chi connectivity index (χ0v) is 10.7. The summed E-state index contributed by atoms with van der Waals surface area (Å²) < 4.78 is 0. The van der Waals surface area contributed by atoms with E-state index in [0.29, 0.717) is 5.38 Å². The Kier molecular flexibility index (Phi) is 4.42. The van der Waals surface area contributed by atoms with E-state index in [4.69, 9.17) is 16.9 Å². The number of benzene rings is 1. The number of nitriles is 1. The van der Waals surface area contributed by atoms with Gasteiger partial charge in [0.1, 0.15) is 0 Å². The molecule has 1 heterocycles. The Hall–Kier alpha value is -1.04. The molecule has 1 saturated heterocycles. The van der Waals surface area contributed by atoms with Gasteiger partial charge in [0.2, 0.25) is 0 Å². The van der Waals surface area contributed by atoms with Gasteiger partial charge in [-0.1, -0.05) is 12.1 Å². The maximum atomic E-state index is 8.72. The van der Waals surface area contributed by atoms with Crippen molar-refractivity contribution >= 4 is 11.6 Å². The predicted octanol–water partition coefficient (Wildman–Crippen LogP) is 2.80. The van der Waals surface area contributed by atoms with Gasteiger partial charge in [-0.25, -0.2) is 0 Å². The van der Waals surface area contributed by atoms with Gasteiger partial charge in [-0.3, -0.25) is 0 Å². The highest BCUT2D eigenvalue weighted by atomic mass is 35.5. The van der Waals surface area contributed by atoms with Crippen LogP contribution in [0.4, 0.5) is 0 Å². The van der Waals surface area contributed by atoms with E-state index in [9.17, 15) is 0 Å². The van der Waals surface area contributed by atoms with Crippen LogP contribution < -0.4 is 0 Å². The topological polar surface area (TPSA) is 27.0 Å². The van der Waals surface area contributed by atoms with Crippen LogP contribution in [0.5, 0.6) is 0 Å². The van der Waals surface area contributed by atoms with E-state index < -0.39 is 0 Å². The van der Waals surface area contributed by atoms with Gasteiger partial charge in [0, 0.05) is 18.5 Å². The summed E-state index contributed by atoms with van der Waals surface area (Å²) in [7, 11) is 0. The fraction of sp³-hybridized carbons (Fsp3) is 0.500. The van der Waals surface area contributed by atoms with Crippen LogP contribution in [0.15, 0.2) is 24.3 Å². The van der Waals surface area contributed by atoms with E-state index in [0.717, 1.165) is 31.5 Å². The van der Waals surface area contributed by atoms with Crippen molar-refractivity contribution in [1.82, 2.24) is 4.90 Å². The summed E-state index contributed by atoms with van der Waals surface area (Å²) in [5, 5.41) is 9.04. The van der Waals surface area contributed by atoms with Gasteiger partial charge >= 0.3 is 0 Å². The molecule has 1 aliphatic heterocycles. The smallest absolute Gasteiger partial charge is 0.0991 e. The maximum Gasteiger partial charge on any atom is 0.0991 e. The molecule has 0 N–H and O–H groups in total. The van der Waals surface area contributed by atoms with Gasteiger partial charge in [-0.05, 0) is 43.5 Å². The van der Waals surface area contributed by atoms with Crippen LogP contribution in [0.1, 0.15) is 24.0 Å². The molecule has 0 aromatic heterocycles. The molecule has 0 bridgehead atoms. The minimum atomic E-state index is 0.324. The van der Waals surface area contributed by atoms with Gasteiger partial charge in [0.25, 0.3) is 0 Å². The Morgan fingerprint density at radius 1 is 1.35 bits per heavy atom. The fourth-order valence-electron chi connectivity index (χ4n) is 2.24. The first-order chi connectivity index (χ1) is 8.28. The number of piperidine rings is 1. The number of rotatable bonds is 3. The molecule has 1 atom stereocenters. The van der Waals surface area contributed by atoms with Gasteiger partial charge in [0.05, 0.1) is 11.6 Å². The van der Waals surface area contributed by atoms with Crippen molar-refractivity contribution in [2.24, 2.45) is 0 Å². The molecule has 1 unspecified atom stereocenters. The molecule has 1 aromatic carbocycles. The third kappa shape index (κ3) is 3.73. The number of alkyl halides is 1. The Labute approximate surface area is 108 Å². The molecule has 0 aliphatic carbocycles. The molecule has 3 heteroatoms. The number of likely N-dealkylation sites (tertiary alicyclic amines) is 1. The quantitative estimate of drug-likeness (QED) is 0.770. The molecule has 0 saturated carbocycles. The third-order valence-corrected chi connectivity index (χ3v) is 3.60. The lowest BCUT2D eigenvalue weighted by Gasteiger charge is -2.29. The van der Waals surface area contributed by atoms with Crippen molar-refractivity contribution in [3.63, 3.8) is 0 Å². The lowest BCUT2D eigenvalue weighted by atomic mass is 10.1. The molecule has 17 heavy (non-hydrogen) atoms. The standard InChI is InChI=1S/C14H17ClN2/c15-14-2-1-8-17(11-14)9-7-12-3-5-13(10-16)6-4-12/h3-6,14H,1-2,7-9,11H2. The van der Waals surface area contributed by atoms with Gasteiger partial charge < -0.3 is 4.90 Å². The average molecular weight is 249 g/mol. The van der Waals surface area contributed by atoms with Crippen molar-refractivity contribution in [2.45, 2.75) is 24.6 Å². The molecule has 0 radical (unpaired) electrons. The molecule has 0 spiro atoms. The summed E-state index contributed by atoms with van der Waals surface area (Å²) >= 11 is 6.15. The van der Waals surface area contributed by atoms with Crippen LogP contribution in [0.3, 0.4) is 0 Å². The van der Waals surface area contributed by atoms with Crippen molar-refractivity contribution in [3.8, 4) is 6.07 Å². The number of hydrogen-bond donors (Lipinski definition) is 0. The number of halogens is 1. The molecule has 1 fully saturated rings. The minimum Gasteiger partial charge on any atom is -0.302 e. The van der Waals surface area contributed by atoms with Gasteiger partial charge in [-0.15, -0.1) is 11.6 Å². The van der Waals surface area contributed by atoms with Crippen molar-refractivity contribution < 1.29 is 0 Å². The first-order valence-electron chi connectivity index (χ1n) is 6.13. The lowest BCUT2D eigenvalue weighted by Crippen LogP contribution is -2.37. The molecule has 1 aromatic rings. The van der Waals surface area contributed by atoms with Crippen LogP contribution >= 0.6 is 11.6 Å². The van der Waals surface area contributed by atoms with Crippen molar-refractivity contribution in [3.05, 3.63) is 35.4 Å². The second-order valence-electron chi connectivity index (χ2n) is 4.60. The summed E-state index contributed by atoms with van der Waals surface area (Å²) in [5.74, 6) is 0. The predicted molar refractivity (Wildman–Crippen MR) is 70.2 cm³/mol. The molecular formula is C14H17ClN2. The summed E-state index contributed by atoms with van der Waals surface area (Å²) in [6.45, 7) is 3.24. The molecular weight excluding hydrogens is 232 g/mol. The normalized spacial score (nSPS) is 21.1. The average Bonchev–Trinajstić information content (AvgIpc) is 2.37. The van der Waals surface area contributed by atoms with E-state index in [1.165, 1.54) is 18.5 Å². The second kappa shape index (κ2) is 6.05. The zero-order chi connectivity index (χ0) is 12.1. The first kappa shape index (κ1) is 12.4. The largest absolute Gasteiger partial charge is 0.302 e. The molecule has 1 aliphatic rings. The van der Waals surface area contributed by atoms with Crippen LogP contribution in [-0.2, 0) is 6.42 Å². The van der Waals surface area contributed by atoms with Crippen LogP contribution in [0.2, 0.25) is 0 Å². The maximum absolute atomic E-state index is 8.72. The fourth-order valence-corrected chi connectivity index (χ4v) is 2.58. The minimum absolute atomic E-state index is 0.324. The highest BCUT2D eigenvalue weighted by Crippen LogP contribution is 2.15. The number of nitrogens with zero attached hydrogens (tertiary/aromatic N) is 2. The first-order valence-corrected chi connectivity index (χ1v) is 6.57. The van der Waals surface area contributed by atoms with Crippen LogP contribution in [-0.4, -0.2) is 29.9 Å². The van der Waals surface area contributed by atoms with E-state index in [1.807, 2.05) is 24.3 Å². The van der Waals surface area contributed by atoms with Gasteiger partial charge in [0.15, 0.2) is 0 Å². The highest BCUT2D eigenvalue weighted by molar-refractivity contribution is 6.20. The Morgan fingerprint density at radius 3 is 2.76 bits per heavy atom. The SMILES string of the molecule is N#Cc1ccc(CCN2CCCC(Cl)C2)cc1. The summed E-state index contributed by atoms with van der Waals surface area (Å²) in [5.41, 5.74) is 2.02. The summed E-state index contributed by atoms with van der Waals surface area (Å²) in [4.78, 5) is 2.43. The van der Waals surface area contributed by atoms with Gasteiger partial charge in [-0.2, -0.15) is 5.26 Å². The third-order valence-electron chi connectivity index (χ3n) is 3.25. The van der Waals surface area contributed by atoms with E-state index >= 15 is 0 Å². The van der Waals surface area contributed by atoms with E-state index in [1.54, 1.807) is 0 Å². The molecule has 90 valence electrons. The van der Waals surface area contributed by atoms with Crippen molar-refractivity contribution in [2.75, 3.05) is 19.6 Å². The highest BCUT2D eigenvalue weighted by Gasteiger charge is 2.16. The van der Waals surface area contributed by atoms with Crippen LogP contribution in [0.25, 0.3) is 0 Å². The number of hydrogen-bond acceptors (Lipinski definition) is 2. The molecule has 2 rings (SSSR count). The lowest BCUT2D eigenvalue weighted by molar-refractivity contribution is 0.235. The Bertz CT molecular complexity index is 394. The van der Waals surface area contributed by atoms with E-state index in [-0.39, 0.29) is 0 Å². The monoisotopic (exact) mass is 248 g/mol. The summed E-state index contributed by atoms with van der Waals surface area (Å²) in [6, 6.07) is 9.99. The molecule has 2 nitrogen and oxygen atoms in total. The Balaban J connectivity index is 1.83.